The van der Waals surface area contributed by atoms with Crippen LogP contribution in [-0.2, 0) is 0 Å². The van der Waals surface area contributed by atoms with Crippen LogP contribution < -0.4 is 11.3 Å². The highest BCUT2D eigenvalue weighted by atomic mass is 79.9. The molecule has 0 amide bonds. The van der Waals surface area contributed by atoms with Crippen molar-refractivity contribution >= 4 is 27.9 Å². The molecule has 1 rings (SSSR count). The molecule has 0 unspecified atom stereocenters. The van der Waals surface area contributed by atoms with Crippen molar-refractivity contribution in [3.63, 3.8) is 0 Å². The molecule has 58 valence electrons. The van der Waals surface area contributed by atoms with Crippen LogP contribution in [0.15, 0.2) is 22.7 Å². The third-order valence-corrected chi connectivity index (χ3v) is 1.79. The summed E-state index contributed by atoms with van der Waals surface area (Å²) in [6, 6.07) is 5.21. The van der Waals surface area contributed by atoms with Crippen LogP contribution in [0.2, 0.25) is 0 Å². The monoisotopic (exact) mass is 214 g/mol. The van der Waals surface area contributed by atoms with Crippen LogP contribution >= 0.6 is 15.9 Å². The molecule has 0 aliphatic heterocycles. The molecule has 0 aliphatic rings. The van der Waals surface area contributed by atoms with Crippen molar-refractivity contribution in [1.29, 1.82) is 0 Å². The number of nitrogen functional groups attached to an aromatic ring is 1. The quantitative estimate of drug-likeness (QED) is 0.447. The molecule has 1 aromatic carbocycles. The average molecular weight is 215 g/mol. The van der Waals surface area contributed by atoms with Gasteiger partial charge in [-0.25, -0.2) is 0 Å². The van der Waals surface area contributed by atoms with Gasteiger partial charge in [-0.2, -0.15) is 0 Å². The number of carbonyl (C=O) groups is 1. The second-order valence-corrected chi connectivity index (χ2v) is 2.91. The van der Waals surface area contributed by atoms with Gasteiger partial charge in [0.1, 0.15) is 0 Å². The average Bonchev–Trinajstić information content (AvgIpc) is 2.04. The first-order valence-electron chi connectivity index (χ1n) is 2.99. The Morgan fingerprint density at radius 2 is 2.27 bits per heavy atom. The smallest absolute Gasteiger partial charge is 0.152 e. The summed E-state index contributed by atoms with van der Waals surface area (Å²) in [5, 5.41) is 0. The minimum absolute atomic E-state index is 0.552. The molecule has 11 heavy (non-hydrogen) atoms. The van der Waals surface area contributed by atoms with Gasteiger partial charge in [0.25, 0.3) is 0 Å². The van der Waals surface area contributed by atoms with Gasteiger partial charge in [-0.3, -0.25) is 10.6 Å². The Labute approximate surface area is 72.7 Å². The van der Waals surface area contributed by atoms with Crippen LogP contribution in [0.5, 0.6) is 0 Å². The van der Waals surface area contributed by atoms with E-state index in [2.05, 4.69) is 21.4 Å². The summed E-state index contributed by atoms with van der Waals surface area (Å²) in [5.74, 6) is 5.17. The Kier molecular flexibility index (Phi) is 2.62. The number of hydrazine groups is 1. The number of carbonyl (C=O) groups excluding carboxylic acids is 1. The molecule has 0 spiro atoms. The van der Waals surface area contributed by atoms with Crippen molar-refractivity contribution in [1.82, 2.24) is 0 Å². The fraction of sp³-hybridized carbons (Fsp3) is 0. The molecular formula is C7H7BrN2O. The summed E-state index contributed by atoms with van der Waals surface area (Å²) in [5.41, 5.74) is 3.60. The number of nitrogens with two attached hydrogens (primary N) is 1. The second-order valence-electron chi connectivity index (χ2n) is 1.99. The maximum atomic E-state index is 10.4. The van der Waals surface area contributed by atoms with E-state index >= 15 is 0 Å². The number of rotatable bonds is 2. The van der Waals surface area contributed by atoms with E-state index in [1.807, 2.05) is 0 Å². The second kappa shape index (κ2) is 3.50. The largest absolute Gasteiger partial charge is 0.323 e. The predicted molar refractivity (Wildman–Crippen MR) is 47.3 cm³/mol. The Hall–Kier alpha value is -0.870. The zero-order valence-electron chi connectivity index (χ0n) is 5.67. The molecule has 0 aliphatic carbocycles. The molecule has 0 aromatic heterocycles. The van der Waals surface area contributed by atoms with Crippen molar-refractivity contribution in [2.75, 3.05) is 5.43 Å². The number of hydrogen-bond donors (Lipinski definition) is 2. The molecule has 0 radical (unpaired) electrons. The van der Waals surface area contributed by atoms with E-state index in [0.29, 0.717) is 11.3 Å². The SMILES string of the molecule is NNc1cc(Br)ccc1C=O. The van der Waals surface area contributed by atoms with Gasteiger partial charge >= 0.3 is 0 Å². The van der Waals surface area contributed by atoms with E-state index in [1.165, 1.54) is 0 Å². The lowest BCUT2D eigenvalue weighted by molar-refractivity contribution is 0.112. The Morgan fingerprint density at radius 3 is 2.82 bits per heavy atom. The summed E-state index contributed by atoms with van der Waals surface area (Å²) in [6.07, 6.45) is 0.752. The molecule has 3 N–H and O–H groups in total. The fourth-order valence-electron chi connectivity index (χ4n) is 0.756. The topological polar surface area (TPSA) is 55.1 Å². The van der Waals surface area contributed by atoms with Crippen LogP contribution in [0.1, 0.15) is 10.4 Å². The number of nitrogens with one attached hydrogen (secondary N) is 1. The van der Waals surface area contributed by atoms with Gasteiger partial charge in [-0.15, -0.1) is 0 Å². The van der Waals surface area contributed by atoms with E-state index < -0.39 is 0 Å². The van der Waals surface area contributed by atoms with Gasteiger partial charge in [0.15, 0.2) is 6.29 Å². The molecule has 0 saturated carbocycles. The minimum Gasteiger partial charge on any atom is -0.323 e. The van der Waals surface area contributed by atoms with Crippen LogP contribution in [0.25, 0.3) is 0 Å². The summed E-state index contributed by atoms with van der Waals surface area (Å²) in [4.78, 5) is 10.4. The van der Waals surface area contributed by atoms with E-state index in [0.717, 1.165) is 10.8 Å². The Morgan fingerprint density at radius 1 is 1.55 bits per heavy atom. The summed E-state index contributed by atoms with van der Waals surface area (Å²) in [7, 11) is 0. The van der Waals surface area contributed by atoms with Crippen molar-refractivity contribution in [2.45, 2.75) is 0 Å². The number of aldehydes is 1. The highest BCUT2D eigenvalue weighted by molar-refractivity contribution is 9.10. The molecule has 0 fully saturated rings. The van der Waals surface area contributed by atoms with Gasteiger partial charge in [0, 0.05) is 10.0 Å². The van der Waals surface area contributed by atoms with Crippen molar-refractivity contribution in [3.8, 4) is 0 Å². The third-order valence-electron chi connectivity index (χ3n) is 1.30. The molecule has 0 atom stereocenters. The molecule has 0 bridgehead atoms. The highest BCUT2D eigenvalue weighted by Gasteiger charge is 1.98. The molecule has 3 nitrogen and oxygen atoms in total. The van der Waals surface area contributed by atoms with E-state index in [4.69, 9.17) is 5.84 Å². The summed E-state index contributed by atoms with van der Waals surface area (Å²) in [6.45, 7) is 0. The van der Waals surface area contributed by atoms with E-state index in [9.17, 15) is 4.79 Å². The fourth-order valence-corrected chi connectivity index (χ4v) is 1.12. The van der Waals surface area contributed by atoms with Gasteiger partial charge in [-0.05, 0) is 18.2 Å². The van der Waals surface area contributed by atoms with Crippen molar-refractivity contribution < 1.29 is 4.79 Å². The van der Waals surface area contributed by atoms with Gasteiger partial charge < -0.3 is 5.43 Å². The Bertz CT molecular complexity index is 275. The van der Waals surface area contributed by atoms with Gasteiger partial charge in [-0.1, -0.05) is 15.9 Å². The maximum Gasteiger partial charge on any atom is 0.152 e. The van der Waals surface area contributed by atoms with Gasteiger partial charge in [0.05, 0.1) is 5.69 Å². The molecule has 4 heteroatoms. The zero-order chi connectivity index (χ0) is 8.27. The predicted octanol–water partition coefficient (Wildman–Crippen LogP) is 1.55. The van der Waals surface area contributed by atoms with Crippen molar-refractivity contribution in [3.05, 3.63) is 28.2 Å². The van der Waals surface area contributed by atoms with Crippen LogP contribution in [-0.4, -0.2) is 6.29 Å². The first kappa shape index (κ1) is 8.23. The number of benzene rings is 1. The van der Waals surface area contributed by atoms with Crippen LogP contribution in [0.3, 0.4) is 0 Å². The highest BCUT2D eigenvalue weighted by Crippen LogP contribution is 2.18. The first-order valence-corrected chi connectivity index (χ1v) is 3.78. The van der Waals surface area contributed by atoms with Gasteiger partial charge in [0.2, 0.25) is 0 Å². The molecule has 0 saturated heterocycles. The Balaban J connectivity index is 3.16. The minimum atomic E-state index is 0.552. The summed E-state index contributed by atoms with van der Waals surface area (Å²) < 4.78 is 0.885. The lowest BCUT2D eigenvalue weighted by Crippen LogP contribution is -2.08. The van der Waals surface area contributed by atoms with E-state index in [1.54, 1.807) is 18.2 Å². The van der Waals surface area contributed by atoms with Crippen LogP contribution in [0, 0.1) is 0 Å². The molecular weight excluding hydrogens is 208 g/mol. The number of halogens is 1. The maximum absolute atomic E-state index is 10.4. The number of hydrogen-bond acceptors (Lipinski definition) is 3. The standard InChI is InChI=1S/C7H7BrN2O/c8-6-2-1-5(4-11)7(3-6)10-9/h1-4,10H,9H2. The molecule has 1 aromatic rings. The third kappa shape index (κ3) is 1.78. The van der Waals surface area contributed by atoms with E-state index in [-0.39, 0.29) is 0 Å². The first-order chi connectivity index (χ1) is 5.27. The zero-order valence-corrected chi connectivity index (χ0v) is 7.26. The molecule has 0 heterocycles. The normalized spacial score (nSPS) is 9.27. The number of anilines is 1. The lowest BCUT2D eigenvalue weighted by Gasteiger charge is -2.02. The van der Waals surface area contributed by atoms with Crippen molar-refractivity contribution in [2.24, 2.45) is 5.84 Å². The lowest BCUT2D eigenvalue weighted by atomic mass is 10.2. The van der Waals surface area contributed by atoms with Crippen LogP contribution in [0.4, 0.5) is 5.69 Å². The summed E-state index contributed by atoms with van der Waals surface area (Å²) >= 11 is 3.25.